The molecule has 0 radical (unpaired) electrons. The lowest BCUT2D eigenvalue weighted by atomic mass is 10.0. The summed E-state index contributed by atoms with van der Waals surface area (Å²) >= 11 is 1.55. The second-order valence-electron chi connectivity index (χ2n) is 8.63. The molecule has 1 atom stereocenters. The first-order valence-corrected chi connectivity index (χ1v) is 12.1. The van der Waals surface area contributed by atoms with E-state index in [0.29, 0.717) is 13.0 Å². The van der Waals surface area contributed by atoms with Gasteiger partial charge in [0.15, 0.2) is 5.16 Å². The summed E-state index contributed by atoms with van der Waals surface area (Å²) in [5.41, 5.74) is 1.75. The number of esters is 1. The zero-order chi connectivity index (χ0) is 22.9. The molecular formula is C24H34N4O2S. The summed E-state index contributed by atoms with van der Waals surface area (Å²) in [7, 11) is 0. The Balaban J connectivity index is 2.31. The van der Waals surface area contributed by atoms with Crippen LogP contribution in [0.25, 0.3) is 0 Å². The topological polar surface area (TPSA) is 79.1 Å². The van der Waals surface area contributed by atoms with Gasteiger partial charge in [0.1, 0.15) is 11.4 Å². The van der Waals surface area contributed by atoms with Crippen LogP contribution in [0.15, 0.2) is 29.5 Å². The maximum Gasteiger partial charge on any atom is 0.330 e. The number of anilines is 1. The van der Waals surface area contributed by atoms with E-state index < -0.39 is 5.60 Å². The van der Waals surface area contributed by atoms with E-state index in [1.807, 2.05) is 27.0 Å². The van der Waals surface area contributed by atoms with Gasteiger partial charge >= 0.3 is 5.97 Å². The van der Waals surface area contributed by atoms with Gasteiger partial charge in [-0.3, -0.25) is 0 Å². The van der Waals surface area contributed by atoms with Crippen molar-refractivity contribution in [3.63, 3.8) is 0 Å². The predicted molar refractivity (Wildman–Crippen MR) is 126 cm³/mol. The fourth-order valence-corrected chi connectivity index (χ4v) is 3.89. The standard InChI is InChI=1S/C24H34N4O2S/c1-6-16-28(17-18(14-15-25)12-13-21(29)30-24(2,3)4)22-19-10-8-7-9-11-20(19)26-23(27-22)31-5/h7,9,12-13,18H,6,8,10-11,14,16-17H2,1-5H3/b13-12-. The first kappa shape index (κ1) is 24.9. The van der Waals surface area contributed by atoms with Crippen molar-refractivity contribution < 1.29 is 9.53 Å². The zero-order valence-corrected chi connectivity index (χ0v) is 20.2. The Morgan fingerprint density at radius 3 is 2.81 bits per heavy atom. The molecule has 1 heterocycles. The highest BCUT2D eigenvalue weighted by Gasteiger charge is 2.22. The van der Waals surface area contributed by atoms with Gasteiger partial charge in [-0.05, 0) is 46.3 Å². The molecule has 1 unspecified atom stereocenters. The molecule has 1 aromatic rings. The third-order valence-corrected chi connectivity index (χ3v) is 5.33. The average Bonchev–Trinajstić information content (AvgIpc) is 2.95. The monoisotopic (exact) mass is 442 g/mol. The predicted octanol–water partition coefficient (Wildman–Crippen LogP) is 4.89. The van der Waals surface area contributed by atoms with Crippen LogP contribution in [-0.4, -0.2) is 40.9 Å². The molecule has 0 fully saturated rings. The summed E-state index contributed by atoms with van der Waals surface area (Å²) in [5.74, 6) is 0.481. The number of allylic oxidation sites excluding steroid dienone is 2. The van der Waals surface area contributed by atoms with Gasteiger partial charge < -0.3 is 9.64 Å². The largest absolute Gasteiger partial charge is 0.457 e. The molecule has 31 heavy (non-hydrogen) atoms. The minimum absolute atomic E-state index is 0.101. The Bertz CT molecular complexity index is 852. The Labute approximate surface area is 190 Å². The number of carbonyl (C=O) groups is 1. The van der Waals surface area contributed by atoms with E-state index in [2.05, 4.69) is 30.0 Å². The molecule has 0 N–H and O–H groups in total. The number of fused-ring (bicyclic) bond motifs is 1. The van der Waals surface area contributed by atoms with Crippen molar-refractivity contribution in [1.82, 2.24) is 9.97 Å². The molecule has 0 saturated carbocycles. The third kappa shape index (κ3) is 8.02. The van der Waals surface area contributed by atoms with Crippen molar-refractivity contribution in [2.24, 2.45) is 5.92 Å². The van der Waals surface area contributed by atoms with Gasteiger partial charge in [0.05, 0.1) is 11.8 Å². The molecule has 1 aromatic heterocycles. The molecule has 0 saturated heterocycles. The Kier molecular flexibility index (Phi) is 9.57. The van der Waals surface area contributed by atoms with Crippen molar-refractivity contribution in [3.8, 4) is 6.07 Å². The zero-order valence-electron chi connectivity index (χ0n) is 19.4. The first-order valence-electron chi connectivity index (χ1n) is 10.9. The molecule has 0 spiro atoms. The molecule has 0 bridgehead atoms. The molecule has 6 nitrogen and oxygen atoms in total. The van der Waals surface area contributed by atoms with E-state index >= 15 is 0 Å². The smallest absolute Gasteiger partial charge is 0.330 e. The minimum atomic E-state index is -0.540. The van der Waals surface area contributed by atoms with Gasteiger partial charge in [-0.2, -0.15) is 5.26 Å². The van der Waals surface area contributed by atoms with Crippen molar-refractivity contribution >= 4 is 23.5 Å². The van der Waals surface area contributed by atoms with Gasteiger partial charge in [-0.1, -0.05) is 36.9 Å². The molecule has 1 aliphatic rings. The second-order valence-corrected chi connectivity index (χ2v) is 9.41. The van der Waals surface area contributed by atoms with E-state index in [1.165, 1.54) is 11.6 Å². The summed E-state index contributed by atoms with van der Waals surface area (Å²) < 4.78 is 5.37. The third-order valence-electron chi connectivity index (χ3n) is 4.78. The van der Waals surface area contributed by atoms with Crippen LogP contribution in [0.3, 0.4) is 0 Å². The van der Waals surface area contributed by atoms with Gasteiger partial charge in [-0.15, -0.1) is 0 Å². The maximum atomic E-state index is 12.1. The number of aromatic nitrogens is 2. The highest BCUT2D eigenvalue weighted by molar-refractivity contribution is 7.98. The van der Waals surface area contributed by atoms with Crippen LogP contribution < -0.4 is 4.90 Å². The van der Waals surface area contributed by atoms with E-state index in [1.54, 1.807) is 17.8 Å². The fourth-order valence-electron chi connectivity index (χ4n) is 3.51. The Morgan fingerprint density at radius 2 is 2.16 bits per heavy atom. The number of nitriles is 1. The minimum Gasteiger partial charge on any atom is -0.457 e. The number of ether oxygens (including phenoxy) is 1. The highest BCUT2D eigenvalue weighted by atomic mass is 32.2. The normalized spacial score (nSPS) is 14.6. The van der Waals surface area contributed by atoms with Crippen LogP contribution in [-0.2, 0) is 22.4 Å². The van der Waals surface area contributed by atoms with E-state index in [-0.39, 0.29) is 11.9 Å². The highest BCUT2D eigenvalue weighted by Crippen LogP contribution is 2.29. The molecule has 0 aromatic carbocycles. The number of hydrogen-bond acceptors (Lipinski definition) is 7. The lowest BCUT2D eigenvalue weighted by molar-refractivity contribution is -0.148. The summed E-state index contributed by atoms with van der Waals surface area (Å²) in [5, 5.41) is 10.1. The fraction of sp³-hybridized carbons (Fsp3) is 0.583. The molecule has 0 aliphatic heterocycles. The van der Waals surface area contributed by atoms with E-state index in [4.69, 9.17) is 14.7 Å². The van der Waals surface area contributed by atoms with Gasteiger partial charge in [-0.25, -0.2) is 14.8 Å². The summed E-state index contributed by atoms with van der Waals surface area (Å²) in [4.78, 5) is 24.0. The number of carbonyl (C=O) groups excluding carboxylic acids is 1. The van der Waals surface area contributed by atoms with E-state index in [0.717, 1.165) is 48.9 Å². The number of rotatable bonds is 9. The van der Waals surface area contributed by atoms with Crippen LogP contribution in [0.4, 0.5) is 5.82 Å². The van der Waals surface area contributed by atoms with Crippen LogP contribution in [0.2, 0.25) is 0 Å². The van der Waals surface area contributed by atoms with Crippen molar-refractivity contribution in [2.75, 3.05) is 24.2 Å². The van der Waals surface area contributed by atoms with Crippen LogP contribution in [0, 0.1) is 17.2 Å². The van der Waals surface area contributed by atoms with Crippen molar-refractivity contribution in [1.29, 1.82) is 5.26 Å². The molecule has 168 valence electrons. The number of thioether (sulfide) groups is 1. The lowest BCUT2D eigenvalue weighted by Gasteiger charge is -2.29. The van der Waals surface area contributed by atoms with E-state index in [9.17, 15) is 10.1 Å². The Hall–Kier alpha value is -2.33. The van der Waals surface area contributed by atoms with Crippen molar-refractivity contribution in [2.45, 2.75) is 70.6 Å². The van der Waals surface area contributed by atoms with Crippen LogP contribution in [0.1, 0.15) is 58.2 Å². The van der Waals surface area contributed by atoms with Gasteiger partial charge in [0, 0.05) is 43.5 Å². The Morgan fingerprint density at radius 1 is 1.39 bits per heavy atom. The van der Waals surface area contributed by atoms with Gasteiger partial charge in [0.25, 0.3) is 0 Å². The van der Waals surface area contributed by atoms with Crippen LogP contribution >= 0.6 is 11.8 Å². The quantitative estimate of drug-likeness (QED) is 0.177. The molecule has 1 aliphatic carbocycles. The van der Waals surface area contributed by atoms with Gasteiger partial charge in [0.2, 0.25) is 0 Å². The van der Waals surface area contributed by atoms with Crippen LogP contribution in [0.5, 0.6) is 0 Å². The molecule has 2 rings (SSSR count). The molecular weight excluding hydrogens is 408 g/mol. The lowest BCUT2D eigenvalue weighted by Crippen LogP contribution is -2.32. The first-order chi connectivity index (χ1) is 14.8. The summed E-state index contributed by atoms with van der Waals surface area (Å²) in [6.45, 7) is 9.10. The summed E-state index contributed by atoms with van der Waals surface area (Å²) in [6, 6.07) is 2.26. The average molecular weight is 443 g/mol. The molecule has 7 heteroatoms. The second kappa shape index (κ2) is 11.9. The van der Waals surface area contributed by atoms with Crippen molar-refractivity contribution in [3.05, 3.63) is 35.6 Å². The number of hydrogen-bond donors (Lipinski definition) is 0. The SMILES string of the molecule is CCCN(CC(/C=C\C(=O)OC(C)(C)C)CC#N)c1nc(SC)nc2c1CCC=CC2. The molecule has 0 amide bonds. The maximum absolute atomic E-state index is 12.1. The number of nitrogens with zero attached hydrogens (tertiary/aromatic N) is 4. The summed E-state index contributed by atoms with van der Waals surface area (Å²) in [6.07, 6.45) is 13.6.